The van der Waals surface area contributed by atoms with Crippen LogP contribution >= 0.6 is 0 Å². The SMILES string of the molecule is Cc1ccc(C2(O)CCN(c3nc4ccccc4cc3CO)CC2)nc1. The molecule has 0 unspecified atom stereocenters. The van der Waals surface area contributed by atoms with E-state index in [0.29, 0.717) is 25.9 Å². The van der Waals surface area contributed by atoms with Gasteiger partial charge in [0.25, 0.3) is 0 Å². The number of para-hydroxylation sites is 1. The molecule has 0 atom stereocenters. The maximum atomic E-state index is 11.0. The highest BCUT2D eigenvalue weighted by Crippen LogP contribution is 2.34. The minimum Gasteiger partial charge on any atom is -0.392 e. The fourth-order valence-corrected chi connectivity index (χ4v) is 3.63. The molecule has 1 fully saturated rings. The lowest BCUT2D eigenvalue weighted by atomic mass is 9.87. The van der Waals surface area contributed by atoms with Gasteiger partial charge in [-0.2, -0.15) is 0 Å². The van der Waals surface area contributed by atoms with Gasteiger partial charge in [0.15, 0.2) is 0 Å². The maximum Gasteiger partial charge on any atom is 0.134 e. The van der Waals surface area contributed by atoms with E-state index in [1.54, 1.807) is 6.20 Å². The van der Waals surface area contributed by atoms with Crippen LogP contribution in [0.25, 0.3) is 10.9 Å². The average Bonchev–Trinajstić information content (AvgIpc) is 2.68. The van der Waals surface area contributed by atoms with Gasteiger partial charge in [-0.1, -0.05) is 24.3 Å². The first-order chi connectivity index (χ1) is 12.6. The molecule has 0 spiro atoms. The van der Waals surface area contributed by atoms with Gasteiger partial charge in [0.1, 0.15) is 11.4 Å². The first kappa shape index (κ1) is 16.9. The van der Waals surface area contributed by atoms with E-state index in [1.165, 1.54) is 0 Å². The van der Waals surface area contributed by atoms with Gasteiger partial charge in [-0.3, -0.25) is 4.98 Å². The maximum absolute atomic E-state index is 11.0. The molecule has 134 valence electrons. The molecule has 5 heteroatoms. The first-order valence-corrected chi connectivity index (χ1v) is 8.99. The van der Waals surface area contributed by atoms with Crippen molar-refractivity contribution in [1.82, 2.24) is 9.97 Å². The van der Waals surface area contributed by atoms with E-state index in [0.717, 1.165) is 33.5 Å². The summed E-state index contributed by atoms with van der Waals surface area (Å²) >= 11 is 0. The molecule has 0 saturated carbocycles. The zero-order valence-corrected chi connectivity index (χ0v) is 14.9. The van der Waals surface area contributed by atoms with Crippen LogP contribution in [0.2, 0.25) is 0 Å². The number of piperidine rings is 1. The van der Waals surface area contributed by atoms with Crippen LogP contribution < -0.4 is 4.90 Å². The average molecular weight is 349 g/mol. The number of aliphatic hydroxyl groups is 2. The molecule has 0 amide bonds. The summed E-state index contributed by atoms with van der Waals surface area (Å²) in [5.41, 5.74) is 2.66. The molecular formula is C21H23N3O2. The van der Waals surface area contributed by atoms with Gasteiger partial charge < -0.3 is 15.1 Å². The van der Waals surface area contributed by atoms with Crippen molar-refractivity contribution in [3.63, 3.8) is 0 Å². The molecule has 0 radical (unpaired) electrons. The number of hydrogen-bond donors (Lipinski definition) is 2. The van der Waals surface area contributed by atoms with E-state index < -0.39 is 5.60 Å². The van der Waals surface area contributed by atoms with E-state index in [2.05, 4.69) is 9.88 Å². The zero-order chi connectivity index (χ0) is 18.1. The second-order valence-corrected chi connectivity index (χ2v) is 7.06. The summed E-state index contributed by atoms with van der Waals surface area (Å²) in [6.07, 6.45) is 2.97. The molecule has 1 aliphatic heterocycles. The molecule has 1 saturated heterocycles. The lowest BCUT2D eigenvalue weighted by Gasteiger charge is -2.39. The van der Waals surface area contributed by atoms with E-state index in [4.69, 9.17) is 4.98 Å². The summed E-state index contributed by atoms with van der Waals surface area (Å²) in [4.78, 5) is 11.3. The Morgan fingerprint density at radius 3 is 2.58 bits per heavy atom. The second kappa shape index (κ2) is 6.67. The molecule has 3 aromatic rings. The van der Waals surface area contributed by atoms with Crippen LogP contribution in [0.5, 0.6) is 0 Å². The molecule has 1 aliphatic rings. The van der Waals surface area contributed by atoms with Crippen LogP contribution in [-0.2, 0) is 12.2 Å². The third kappa shape index (κ3) is 3.04. The number of anilines is 1. The molecule has 2 aromatic heterocycles. The molecule has 5 nitrogen and oxygen atoms in total. The van der Waals surface area contributed by atoms with E-state index in [1.807, 2.05) is 49.4 Å². The van der Waals surface area contributed by atoms with E-state index in [9.17, 15) is 10.2 Å². The lowest BCUT2D eigenvalue weighted by Crippen LogP contribution is -2.43. The molecule has 1 aromatic carbocycles. The third-order valence-corrected chi connectivity index (χ3v) is 5.23. The number of pyridine rings is 2. The summed E-state index contributed by atoms with van der Waals surface area (Å²) in [6, 6.07) is 13.8. The largest absolute Gasteiger partial charge is 0.392 e. The Morgan fingerprint density at radius 1 is 1.12 bits per heavy atom. The summed E-state index contributed by atoms with van der Waals surface area (Å²) < 4.78 is 0. The van der Waals surface area contributed by atoms with Crippen molar-refractivity contribution in [2.45, 2.75) is 32.0 Å². The topological polar surface area (TPSA) is 69.5 Å². The number of benzene rings is 1. The van der Waals surface area contributed by atoms with Crippen LogP contribution in [0.4, 0.5) is 5.82 Å². The quantitative estimate of drug-likeness (QED) is 0.761. The minimum atomic E-state index is -0.902. The molecule has 0 aliphatic carbocycles. The molecule has 4 rings (SSSR count). The summed E-state index contributed by atoms with van der Waals surface area (Å²) in [7, 11) is 0. The van der Waals surface area contributed by atoms with Crippen molar-refractivity contribution in [3.05, 3.63) is 65.5 Å². The van der Waals surface area contributed by atoms with Crippen molar-refractivity contribution in [1.29, 1.82) is 0 Å². The molecule has 26 heavy (non-hydrogen) atoms. The predicted octanol–water partition coefficient (Wildman–Crippen LogP) is 2.92. The normalized spacial score (nSPS) is 16.8. The fraction of sp³-hybridized carbons (Fsp3) is 0.333. The van der Waals surface area contributed by atoms with Crippen molar-refractivity contribution in [2.24, 2.45) is 0 Å². The Kier molecular flexibility index (Phi) is 4.34. The fourth-order valence-electron chi connectivity index (χ4n) is 3.63. The van der Waals surface area contributed by atoms with Crippen LogP contribution in [0.3, 0.4) is 0 Å². The standard InChI is InChI=1S/C21H23N3O2/c1-15-6-7-19(22-13-15)21(26)8-10-24(11-9-21)20-17(14-25)12-16-4-2-3-5-18(16)23-20/h2-7,12-13,25-26H,8-11,14H2,1H3. The lowest BCUT2D eigenvalue weighted by molar-refractivity contribution is 0.00744. The zero-order valence-electron chi connectivity index (χ0n) is 14.9. The smallest absolute Gasteiger partial charge is 0.134 e. The Labute approximate surface area is 153 Å². The second-order valence-electron chi connectivity index (χ2n) is 7.06. The highest BCUT2D eigenvalue weighted by molar-refractivity contribution is 5.81. The monoisotopic (exact) mass is 349 g/mol. The number of rotatable bonds is 3. The third-order valence-electron chi connectivity index (χ3n) is 5.23. The van der Waals surface area contributed by atoms with Crippen molar-refractivity contribution >= 4 is 16.7 Å². The highest BCUT2D eigenvalue weighted by Gasteiger charge is 2.36. The number of nitrogens with zero attached hydrogens (tertiary/aromatic N) is 3. The summed E-state index contributed by atoms with van der Waals surface area (Å²) in [5, 5.41) is 21.9. The Hall–Kier alpha value is -2.50. The molecule has 3 heterocycles. The van der Waals surface area contributed by atoms with Crippen molar-refractivity contribution < 1.29 is 10.2 Å². The van der Waals surface area contributed by atoms with Gasteiger partial charge in [-0.05, 0) is 43.5 Å². The van der Waals surface area contributed by atoms with Crippen LogP contribution in [0.1, 0.15) is 29.7 Å². The molecular weight excluding hydrogens is 326 g/mol. The molecule has 2 N–H and O–H groups in total. The predicted molar refractivity (Wildman–Crippen MR) is 102 cm³/mol. The summed E-state index contributed by atoms with van der Waals surface area (Å²) in [5.74, 6) is 0.810. The van der Waals surface area contributed by atoms with E-state index >= 15 is 0 Å². The van der Waals surface area contributed by atoms with Gasteiger partial charge >= 0.3 is 0 Å². The van der Waals surface area contributed by atoms with Crippen LogP contribution in [0, 0.1) is 6.92 Å². The van der Waals surface area contributed by atoms with Gasteiger partial charge in [-0.15, -0.1) is 0 Å². The van der Waals surface area contributed by atoms with Gasteiger partial charge in [0, 0.05) is 30.2 Å². The van der Waals surface area contributed by atoms with Crippen molar-refractivity contribution in [3.8, 4) is 0 Å². The van der Waals surface area contributed by atoms with Crippen molar-refractivity contribution in [2.75, 3.05) is 18.0 Å². The van der Waals surface area contributed by atoms with Gasteiger partial charge in [0.05, 0.1) is 17.8 Å². The molecule has 0 bridgehead atoms. The number of aliphatic hydroxyl groups excluding tert-OH is 1. The van der Waals surface area contributed by atoms with E-state index in [-0.39, 0.29) is 6.61 Å². The minimum absolute atomic E-state index is 0.0482. The Bertz CT molecular complexity index is 916. The number of hydrogen-bond acceptors (Lipinski definition) is 5. The summed E-state index contributed by atoms with van der Waals surface area (Å²) in [6.45, 7) is 3.29. The van der Waals surface area contributed by atoms with Gasteiger partial charge in [-0.25, -0.2) is 4.98 Å². The van der Waals surface area contributed by atoms with Crippen LogP contribution in [-0.4, -0.2) is 33.3 Å². The van der Waals surface area contributed by atoms with Gasteiger partial charge in [0.2, 0.25) is 0 Å². The Morgan fingerprint density at radius 2 is 1.88 bits per heavy atom. The first-order valence-electron chi connectivity index (χ1n) is 8.99. The number of fused-ring (bicyclic) bond motifs is 1. The Balaban J connectivity index is 1.59. The highest BCUT2D eigenvalue weighted by atomic mass is 16.3. The number of aromatic nitrogens is 2. The number of aryl methyl sites for hydroxylation is 1. The van der Waals surface area contributed by atoms with Crippen LogP contribution in [0.15, 0.2) is 48.7 Å².